The van der Waals surface area contributed by atoms with Gasteiger partial charge in [-0.05, 0) is 48.0 Å². The zero-order valence-electron chi connectivity index (χ0n) is 12.0. The highest BCUT2D eigenvalue weighted by atomic mass is 16.5. The van der Waals surface area contributed by atoms with Crippen LogP contribution in [-0.4, -0.2) is 25.1 Å². The molecule has 0 heterocycles. The van der Waals surface area contributed by atoms with E-state index in [1.807, 2.05) is 54.6 Å². The summed E-state index contributed by atoms with van der Waals surface area (Å²) in [4.78, 5) is 0. The lowest BCUT2D eigenvalue weighted by Crippen LogP contribution is -1.96. The highest BCUT2D eigenvalue weighted by Gasteiger charge is 2.01. The molecule has 0 bridgehead atoms. The summed E-state index contributed by atoms with van der Waals surface area (Å²) in [5.74, 6) is 1.56. The van der Waals surface area contributed by atoms with Gasteiger partial charge in [0.1, 0.15) is 17.2 Å². The topological polar surface area (TPSA) is 51.0 Å². The Balaban J connectivity index is 2.15. The lowest BCUT2D eigenvalue weighted by Gasteiger charge is -2.03. The Kier molecular flexibility index (Phi) is 4.99. The van der Waals surface area contributed by atoms with Crippen LogP contribution < -0.4 is 9.47 Å². The van der Waals surface area contributed by atoms with E-state index >= 15 is 0 Å². The Morgan fingerprint density at radius 2 is 1.43 bits per heavy atom. The smallest absolute Gasteiger partial charge is 0.118 e. The lowest BCUT2D eigenvalue weighted by molar-refractivity contribution is 0.320. The van der Waals surface area contributed by atoms with Gasteiger partial charge in [-0.25, -0.2) is 0 Å². The van der Waals surface area contributed by atoms with Crippen LogP contribution in [0.4, 0.5) is 0 Å². The van der Waals surface area contributed by atoms with Gasteiger partial charge in [0, 0.05) is 5.56 Å². The summed E-state index contributed by atoms with van der Waals surface area (Å²) < 4.78 is 10.2. The van der Waals surface area contributed by atoms with E-state index < -0.39 is 0 Å². The van der Waals surface area contributed by atoms with Crippen molar-refractivity contribution in [1.29, 1.82) is 0 Å². The summed E-state index contributed by atoms with van der Waals surface area (Å²) in [6.07, 6.45) is 3.63. The van der Waals surface area contributed by atoms with E-state index in [4.69, 9.17) is 14.7 Å². The number of nitrogens with zero attached hydrogens (tertiary/aromatic N) is 1. The molecule has 108 valence electrons. The largest absolute Gasteiger partial charge is 0.497 e. The van der Waals surface area contributed by atoms with E-state index in [-0.39, 0.29) is 0 Å². The second kappa shape index (κ2) is 7.14. The Labute approximate surface area is 123 Å². The maximum absolute atomic E-state index is 9.15. The van der Waals surface area contributed by atoms with Crippen molar-refractivity contribution in [1.82, 2.24) is 0 Å². The van der Waals surface area contributed by atoms with Gasteiger partial charge in [-0.1, -0.05) is 23.4 Å². The molecule has 1 N–H and O–H groups in total. The Hall–Kier alpha value is -2.75. The molecule has 2 aromatic rings. The quantitative estimate of drug-likeness (QED) is 0.518. The van der Waals surface area contributed by atoms with Crippen molar-refractivity contribution in [2.45, 2.75) is 0 Å². The molecule has 0 spiro atoms. The van der Waals surface area contributed by atoms with Crippen LogP contribution in [0.25, 0.3) is 6.08 Å². The molecule has 2 rings (SSSR count). The Bertz CT molecular complexity index is 628. The van der Waals surface area contributed by atoms with Gasteiger partial charge >= 0.3 is 0 Å². The van der Waals surface area contributed by atoms with Gasteiger partial charge in [0.05, 0.1) is 14.2 Å². The van der Waals surface area contributed by atoms with Crippen molar-refractivity contribution in [3.63, 3.8) is 0 Å². The van der Waals surface area contributed by atoms with Gasteiger partial charge in [-0.15, -0.1) is 0 Å². The van der Waals surface area contributed by atoms with E-state index in [0.29, 0.717) is 5.71 Å². The lowest BCUT2D eigenvalue weighted by atomic mass is 10.1. The molecule has 0 amide bonds. The molecule has 21 heavy (non-hydrogen) atoms. The minimum Gasteiger partial charge on any atom is -0.497 e. The third-order valence-corrected chi connectivity index (χ3v) is 3.04. The van der Waals surface area contributed by atoms with E-state index in [1.54, 1.807) is 20.3 Å². The number of benzene rings is 2. The minimum atomic E-state index is 0.480. The fourth-order valence-corrected chi connectivity index (χ4v) is 1.84. The summed E-state index contributed by atoms with van der Waals surface area (Å²) in [7, 11) is 3.24. The summed E-state index contributed by atoms with van der Waals surface area (Å²) in [6.45, 7) is 0. The fraction of sp³-hybridized carbons (Fsp3) is 0.118. The molecule has 2 aromatic carbocycles. The van der Waals surface area contributed by atoms with Gasteiger partial charge in [0.15, 0.2) is 0 Å². The molecular formula is C17H17NO3. The summed E-state index contributed by atoms with van der Waals surface area (Å²) >= 11 is 0. The van der Waals surface area contributed by atoms with Crippen LogP contribution in [0.15, 0.2) is 59.8 Å². The first kappa shape index (κ1) is 14.7. The normalized spacial score (nSPS) is 11.6. The molecule has 0 aliphatic carbocycles. The van der Waals surface area contributed by atoms with Crippen LogP contribution in [0.1, 0.15) is 11.1 Å². The molecule has 0 aliphatic rings. The van der Waals surface area contributed by atoms with Crippen molar-refractivity contribution >= 4 is 11.8 Å². The van der Waals surface area contributed by atoms with Crippen LogP contribution in [0.5, 0.6) is 11.5 Å². The maximum Gasteiger partial charge on any atom is 0.118 e. The van der Waals surface area contributed by atoms with Crippen molar-refractivity contribution in [2.24, 2.45) is 5.16 Å². The monoisotopic (exact) mass is 283 g/mol. The molecular weight excluding hydrogens is 266 g/mol. The molecule has 0 saturated carbocycles. The van der Waals surface area contributed by atoms with Crippen molar-refractivity contribution < 1.29 is 14.7 Å². The predicted octanol–water partition coefficient (Wildman–Crippen LogP) is 3.60. The van der Waals surface area contributed by atoms with Crippen LogP contribution in [-0.2, 0) is 0 Å². The minimum absolute atomic E-state index is 0.480. The number of oxime groups is 1. The molecule has 4 heteroatoms. The second-order valence-corrected chi connectivity index (χ2v) is 4.32. The zero-order chi connectivity index (χ0) is 15.1. The van der Waals surface area contributed by atoms with Crippen molar-refractivity contribution in [3.05, 3.63) is 65.7 Å². The molecule has 0 aliphatic heterocycles. The van der Waals surface area contributed by atoms with E-state index in [1.165, 1.54) is 0 Å². The van der Waals surface area contributed by atoms with E-state index in [2.05, 4.69) is 5.16 Å². The first-order valence-corrected chi connectivity index (χ1v) is 6.45. The molecule has 0 radical (unpaired) electrons. The molecule has 0 fully saturated rings. The highest BCUT2D eigenvalue weighted by molar-refractivity contribution is 6.10. The summed E-state index contributed by atoms with van der Waals surface area (Å²) in [5.41, 5.74) is 2.28. The van der Waals surface area contributed by atoms with Gasteiger partial charge in [-0.2, -0.15) is 0 Å². The molecule has 4 nitrogen and oxygen atoms in total. The number of hydrogen-bond donors (Lipinski definition) is 1. The average molecular weight is 283 g/mol. The van der Waals surface area contributed by atoms with Gasteiger partial charge in [0.2, 0.25) is 0 Å². The Morgan fingerprint density at radius 3 is 1.90 bits per heavy atom. The first-order chi connectivity index (χ1) is 10.3. The van der Waals surface area contributed by atoms with Crippen molar-refractivity contribution in [2.75, 3.05) is 14.2 Å². The number of rotatable bonds is 5. The number of hydrogen-bond acceptors (Lipinski definition) is 4. The zero-order valence-corrected chi connectivity index (χ0v) is 12.0. The van der Waals surface area contributed by atoms with Crippen LogP contribution >= 0.6 is 0 Å². The molecule has 0 aromatic heterocycles. The standard InChI is InChI=1S/C17H17NO3/c1-20-15-8-3-13(4-9-15)5-12-17(18-19)14-6-10-16(21-2)11-7-14/h3-12,19H,1-2H3/b12-5+,18-17-. The first-order valence-electron chi connectivity index (χ1n) is 6.45. The van der Waals surface area contributed by atoms with Crippen LogP contribution in [0, 0.1) is 0 Å². The van der Waals surface area contributed by atoms with Gasteiger partial charge < -0.3 is 14.7 Å². The molecule has 0 atom stereocenters. The van der Waals surface area contributed by atoms with Crippen LogP contribution in [0.3, 0.4) is 0 Å². The van der Waals surface area contributed by atoms with Crippen LogP contribution in [0.2, 0.25) is 0 Å². The van der Waals surface area contributed by atoms with E-state index in [9.17, 15) is 0 Å². The highest BCUT2D eigenvalue weighted by Crippen LogP contribution is 2.15. The second-order valence-electron chi connectivity index (χ2n) is 4.32. The number of ether oxygens (including phenoxy) is 2. The average Bonchev–Trinajstić information content (AvgIpc) is 2.56. The van der Waals surface area contributed by atoms with E-state index in [0.717, 1.165) is 22.6 Å². The molecule has 0 saturated heterocycles. The van der Waals surface area contributed by atoms with Gasteiger partial charge in [-0.3, -0.25) is 0 Å². The molecule has 0 unspecified atom stereocenters. The predicted molar refractivity (Wildman–Crippen MR) is 83.3 cm³/mol. The fourth-order valence-electron chi connectivity index (χ4n) is 1.84. The summed E-state index contributed by atoms with van der Waals surface area (Å²) in [6, 6.07) is 14.9. The van der Waals surface area contributed by atoms with Gasteiger partial charge in [0.25, 0.3) is 0 Å². The maximum atomic E-state index is 9.15. The van der Waals surface area contributed by atoms with Crippen molar-refractivity contribution in [3.8, 4) is 11.5 Å². The SMILES string of the molecule is COc1ccc(/C=C/C(=N/O)c2ccc(OC)cc2)cc1. The number of allylic oxidation sites excluding steroid dienone is 1. The Morgan fingerprint density at radius 1 is 0.905 bits per heavy atom. The summed E-state index contributed by atoms with van der Waals surface area (Å²) in [5, 5.41) is 12.5. The third kappa shape index (κ3) is 3.86. The third-order valence-electron chi connectivity index (χ3n) is 3.04. The number of methoxy groups -OCH3 is 2.